The van der Waals surface area contributed by atoms with Crippen LogP contribution in [-0.2, 0) is 10.0 Å². The summed E-state index contributed by atoms with van der Waals surface area (Å²) in [6.07, 6.45) is 0.848. The molecule has 1 heterocycles. The maximum Gasteiger partial charge on any atom is 0.241 e. The Kier molecular flexibility index (Phi) is 5.83. The first-order valence-corrected chi connectivity index (χ1v) is 8.54. The summed E-state index contributed by atoms with van der Waals surface area (Å²) >= 11 is 0. The van der Waals surface area contributed by atoms with Crippen LogP contribution in [0.1, 0.15) is 34.2 Å². The molecule has 1 aromatic carbocycles. The predicted octanol–water partition coefficient (Wildman–Crippen LogP) is 2.29. The molecule has 0 saturated carbocycles. The number of nitrogens with one attached hydrogen (secondary N) is 2. The highest BCUT2D eigenvalue weighted by Crippen LogP contribution is 2.29. The SMILES string of the molecule is Cc1c(C)c(C)c(S(=O)(=O)NC2CCNC2)c(C)c1C.Cl. The van der Waals surface area contributed by atoms with E-state index in [0.717, 1.165) is 35.2 Å². The molecule has 0 amide bonds. The number of hydrogen-bond donors (Lipinski definition) is 2. The van der Waals surface area contributed by atoms with Gasteiger partial charge in [0, 0.05) is 12.6 Å². The lowest BCUT2D eigenvalue weighted by Crippen LogP contribution is -2.37. The van der Waals surface area contributed by atoms with Crippen LogP contribution in [0.4, 0.5) is 0 Å². The van der Waals surface area contributed by atoms with Gasteiger partial charge in [-0.1, -0.05) is 0 Å². The average Bonchev–Trinajstić information content (AvgIpc) is 2.86. The van der Waals surface area contributed by atoms with Gasteiger partial charge in [0.25, 0.3) is 0 Å². The Morgan fingerprint density at radius 2 is 1.43 bits per heavy atom. The van der Waals surface area contributed by atoms with E-state index in [4.69, 9.17) is 0 Å². The number of sulfonamides is 1. The summed E-state index contributed by atoms with van der Waals surface area (Å²) in [6.45, 7) is 11.4. The van der Waals surface area contributed by atoms with E-state index in [9.17, 15) is 8.42 Å². The molecule has 21 heavy (non-hydrogen) atoms. The second-order valence-electron chi connectivity index (χ2n) is 5.77. The number of benzene rings is 1. The van der Waals surface area contributed by atoms with Crippen LogP contribution in [0.3, 0.4) is 0 Å². The molecule has 2 rings (SSSR count). The fourth-order valence-electron chi connectivity index (χ4n) is 2.90. The van der Waals surface area contributed by atoms with Crippen molar-refractivity contribution in [2.45, 2.75) is 52.0 Å². The molecule has 0 spiro atoms. The van der Waals surface area contributed by atoms with Gasteiger partial charge in [-0.25, -0.2) is 13.1 Å². The van der Waals surface area contributed by atoms with Gasteiger partial charge >= 0.3 is 0 Å². The minimum atomic E-state index is -3.46. The highest BCUT2D eigenvalue weighted by atomic mass is 35.5. The third-order valence-electron chi connectivity index (χ3n) is 4.58. The van der Waals surface area contributed by atoms with Gasteiger partial charge in [0.1, 0.15) is 0 Å². The molecule has 1 saturated heterocycles. The van der Waals surface area contributed by atoms with Crippen LogP contribution in [0.15, 0.2) is 4.90 Å². The summed E-state index contributed by atoms with van der Waals surface area (Å²) in [5, 5.41) is 3.18. The van der Waals surface area contributed by atoms with Crippen molar-refractivity contribution in [3.05, 3.63) is 27.8 Å². The fraction of sp³-hybridized carbons (Fsp3) is 0.600. The number of rotatable bonds is 3. The molecule has 1 aromatic rings. The molecule has 4 nitrogen and oxygen atoms in total. The summed E-state index contributed by atoms with van der Waals surface area (Å²) in [4.78, 5) is 0.463. The van der Waals surface area contributed by atoms with Crippen molar-refractivity contribution in [1.29, 1.82) is 0 Å². The van der Waals surface area contributed by atoms with E-state index in [1.807, 2.05) is 27.7 Å². The molecule has 0 radical (unpaired) electrons. The van der Waals surface area contributed by atoms with Gasteiger partial charge in [-0.3, -0.25) is 0 Å². The first-order valence-electron chi connectivity index (χ1n) is 7.05. The van der Waals surface area contributed by atoms with Crippen molar-refractivity contribution >= 4 is 22.4 Å². The highest BCUT2D eigenvalue weighted by molar-refractivity contribution is 7.89. The Balaban J connectivity index is 0.00000220. The summed E-state index contributed by atoms with van der Waals surface area (Å²) in [7, 11) is -3.46. The molecule has 6 heteroatoms. The highest BCUT2D eigenvalue weighted by Gasteiger charge is 2.27. The first kappa shape index (κ1) is 18.4. The molecular weight excluding hydrogens is 308 g/mol. The van der Waals surface area contributed by atoms with Gasteiger partial charge in [0.15, 0.2) is 0 Å². The van der Waals surface area contributed by atoms with Crippen molar-refractivity contribution in [2.24, 2.45) is 0 Å². The molecule has 1 fully saturated rings. The lowest BCUT2D eigenvalue weighted by Gasteiger charge is -2.20. The van der Waals surface area contributed by atoms with Crippen molar-refractivity contribution in [2.75, 3.05) is 13.1 Å². The summed E-state index contributed by atoms with van der Waals surface area (Å²) in [6, 6.07) is 0.000662. The van der Waals surface area contributed by atoms with E-state index >= 15 is 0 Å². The van der Waals surface area contributed by atoms with Crippen molar-refractivity contribution in [3.63, 3.8) is 0 Å². The van der Waals surface area contributed by atoms with Crippen LogP contribution in [-0.4, -0.2) is 27.5 Å². The zero-order chi connectivity index (χ0) is 15.1. The molecule has 1 aliphatic rings. The molecule has 0 aliphatic carbocycles. The Hall–Kier alpha value is -0.620. The maximum atomic E-state index is 12.7. The van der Waals surface area contributed by atoms with Crippen molar-refractivity contribution in [1.82, 2.24) is 10.0 Å². The second-order valence-corrected chi connectivity index (χ2v) is 7.42. The van der Waals surface area contributed by atoms with E-state index in [1.165, 1.54) is 5.56 Å². The van der Waals surface area contributed by atoms with Crippen LogP contribution >= 0.6 is 12.4 Å². The molecule has 120 valence electrons. The number of halogens is 1. The van der Waals surface area contributed by atoms with Gasteiger partial charge in [-0.05, 0) is 75.4 Å². The summed E-state index contributed by atoms with van der Waals surface area (Å²) < 4.78 is 28.3. The van der Waals surface area contributed by atoms with Crippen molar-refractivity contribution < 1.29 is 8.42 Å². The zero-order valence-electron chi connectivity index (χ0n) is 13.3. The zero-order valence-corrected chi connectivity index (χ0v) is 15.0. The molecule has 2 N–H and O–H groups in total. The molecular formula is C15H25ClN2O2S. The standard InChI is InChI=1S/C15H24N2O2S.ClH/c1-9-10(2)12(4)15(13(5)11(9)3)20(18,19)17-14-6-7-16-8-14;/h14,16-17H,6-8H2,1-5H3;1H. The van der Waals surface area contributed by atoms with Crippen LogP contribution in [0.5, 0.6) is 0 Å². The Morgan fingerprint density at radius 3 is 1.86 bits per heavy atom. The van der Waals surface area contributed by atoms with Crippen LogP contribution in [0.25, 0.3) is 0 Å². The minimum Gasteiger partial charge on any atom is -0.315 e. The third-order valence-corrected chi connectivity index (χ3v) is 6.38. The largest absolute Gasteiger partial charge is 0.315 e. The quantitative estimate of drug-likeness (QED) is 0.893. The Labute approximate surface area is 134 Å². The lowest BCUT2D eigenvalue weighted by atomic mass is 9.95. The molecule has 1 atom stereocenters. The van der Waals surface area contributed by atoms with E-state index in [1.54, 1.807) is 0 Å². The minimum absolute atomic E-state index is 0. The fourth-order valence-corrected chi connectivity index (χ4v) is 4.77. The summed E-state index contributed by atoms with van der Waals surface area (Å²) in [5.41, 5.74) is 5.05. The van der Waals surface area contributed by atoms with Gasteiger partial charge in [-0.2, -0.15) is 0 Å². The normalized spacial score (nSPS) is 18.6. The van der Waals surface area contributed by atoms with E-state index < -0.39 is 10.0 Å². The molecule has 0 aromatic heterocycles. The smallest absolute Gasteiger partial charge is 0.241 e. The van der Waals surface area contributed by atoms with Gasteiger partial charge in [0.2, 0.25) is 10.0 Å². The molecule has 0 bridgehead atoms. The van der Waals surface area contributed by atoms with E-state index in [-0.39, 0.29) is 18.4 Å². The lowest BCUT2D eigenvalue weighted by molar-refractivity contribution is 0.558. The van der Waals surface area contributed by atoms with Gasteiger partial charge in [-0.15, -0.1) is 12.4 Å². The van der Waals surface area contributed by atoms with Crippen molar-refractivity contribution in [3.8, 4) is 0 Å². The monoisotopic (exact) mass is 332 g/mol. The topological polar surface area (TPSA) is 58.2 Å². The Morgan fingerprint density at radius 1 is 0.952 bits per heavy atom. The molecule has 1 aliphatic heterocycles. The van der Waals surface area contributed by atoms with Gasteiger partial charge in [0.05, 0.1) is 4.90 Å². The number of hydrogen-bond acceptors (Lipinski definition) is 3. The van der Waals surface area contributed by atoms with Gasteiger partial charge < -0.3 is 5.32 Å². The third kappa shape index (κ3) is 3.42. The summed E-state index contributed by atoms with van der Waals surface area (Å²) in [5.74, 6) is 0. The van der Waals surface area contributed by atoms with E-state index in [2.05, 4.69) is 17.0 Å². The average molecular weight is 333 g/mol. The van der Waals surface area contributed by atoms with Crippen LogP contribution in [0, 0.1) is 34.6 Å². The Bertz CT molecular complexity index is 607. The molecule has 1 unspecified atom stereocenters. The first-order chi connectivity index (χ1) is 9.25. The van der Waals surface area contributed by atoms with Crippen LogP contribution < -0.4 is 10.0 Å². The predicted molar refractivity (Wildman–Crippen MR) is 89.0 cm³/mol. The van der Waals surface area contributed by atoms with E-state index in [0.29, 0.717) is 11.4 Å². The second kappa shape index (κ2) is 6.65. The maximum absolute atomic E-state index is 12.7. The van der Waals surface area contributed by atoms with Crippen LogP contribution in [0.2, 0.25) is 0 Å².